The Kier molecular flexibility index (Phi) is 7.52. The van der Waals surface area contributed by atoms with Gasteiger partial charge in [0.2, 0.25) is 0 Å². The summed E-state index contributed by atoms with van der Waals surface area (Å²) in [4.78, 5) is 16.3. The average Bonchev–Trinajstić information content (AvgIpc) is 3.44. The van der Waals surface area contributed by atoms with Gasteiger partial charge in [-0.3, -0.25) is 10.00 Å². The molecule has 0 unspecified atom stereocenters. The first-order chi connectivity index (χ1) is 17.6. The topological polar surface area (TPSA) is 96.9 Å². The van der Waals surface area contributed by atoms with E-state index in [1.165, 1.54) is 12.8 Å². The standard InChI is InChI=1S/C25H30ClFN8O/c1-28-22(31-23-14-20(32-33-23)17-2-3-17)15-24(35-12-10-34(9-7-27)11-13-35)30-16-36-21-5-4-19-18(25(21)26)6-8-29-19/h4-6,8,14-15,17,29H,1-3,7,9-13,16H2,(H2,31,32,33)/b22-15+,30-24+. The minimum absolute atomic E-state index is 0.0742. The van der Waals surface area contributed by atoms with E-state index in [1.807, 2.05) is 36.5 Å². The van der Waals surface area contributed by atoms with Crippen LogP contribution < -0.4 is 10.1 Å². The predicted octanol–water partition coefficient (Wildman–Crippen LogP) is 4.40. The van der Waals surface area contributed by atoms with Crippen LogP contribution in [0, 0.1) is 0 Å². The van der Waals surface area contributed by atoms with Gasteiger partial charge < -0.3 is 19.9 Å². The van der Waals surface area contributed by atoms with Crippen LogP contribution in [0.5, 0.6) is 5.75 Å². The van der Waals surface area contributed by atoms with Crippen LogP contribution in [0.2, 0.25) is 5.02 Å². The molecule has 2 aliphatic rings. The molecule has 5 rings (SSSR count). The maximum absolute atomic E-state index is 12.8. The van der Waals surface area contributed by atoms with Crippen LogP contribution in [0.3, 0.4) is 0 Å². The first-order valence-electron chi connectivity index (χ1n) is 12.1. The first-order valence-corrected chi connectivity index (χ1v) is 12.5. The summed E-state index contributed by atoms with van der Waals surface area (Å²) in [6, 6.07) is 7.67. The third-order valence-electron chi connectivity index (χ3n) is 6.48. The van der Waals surface area contributed by atoms with Crippen LogP contribution in [0.15, 0.2) is 52.3 Å². The largest absolute Gasteiger partial charge is 0.470 e. The number of H-pyrrole nitrogens is 2. The molecule has 190 valence electrons. The fourth-order valence-electron chi connectivity index (χ4n) is 4.29. The third-order valence-corrected chi connectivity index (χ3v) is 6.87. The van der Waals surface area contributed by atoms with E-state index in [1.54, 1.807) is 0 Å². The van der Waals surface area contributed by atoms with Crippen molar-refractivity contribution in [2.45, 2.75) is 18.8 Å². The molecule has 11 heteroatoms. The van der Waals surface area contributed by atoms with E-state index in [-0.39, 0.29) is 13.4 Å². The Morgan fingerprint density at radius 3 is 2.86 bits per heavy atom. The van der Waals surface area contributed by atoms with Crippen molar-refractivity contribution in [2.24, 2.45) is 9.98 Å². The molecule has 3 heterocycles. The number of nitrogens with one attached hydrogen (secondary N) is 3. The van der Waals surface area contributed by atoms with Crippen LogP contribution >= 0.6 is 11.6 Å². The summed E-state index contributed by atoms with van der Waals surface area (Å²) in [5, 5.41) is 12.1. The summed E-state index contributed by atoms with van der Waals surface area (Å²) in [5.41, 5.74) is 2.07. The lowest BCUT2D eigenvalue weighted by Crippen LogP contribution is -2.49. The lowest BCUT2D eigenvalue weighted by molar-refractivity contribution is 0.171. The van der Waals surface area contributed by atoms with Crippen molar-refractivity contribution < 1.29 is 9.13 Å². The van der Waals surface area contributed by atoms with Gasteiger partial charge in [-0.15, -0.1) is 0 Å². The van der Waals surface area contributed by atoms with Gasteiger partial charge in [-0.2, -0.15) is 5.10 Å². The highest BCUT2D eigenvalue weighted by Gasteiger charge is 2.25. The number of aromatic amines is 2. The number of halogens is 2. The molecule has 2 fully saturated rings. The summed E-state index contributed by atoms with van der Waals surface area (Å²) in [7, 11) is 0. The number of nitrogens with zero attached hydrogens (tertiary/aromatic N) is 5. The van der Waals surface area contributed by atoms with Gasteiger partial charge in [0, 0.05) is 73.6 Å². The second-order valence-electron chi connectivity index (χ2n) is 8.92. The summed E-state index contributed by atoms with van der Waals surface area (Å²) in [5.74, 6) is 3.05. The van der Waals surface area contributed by atoms with Crippen molar-refractivity contribution in [3.63, 3.8) is 0 Å². The van der Waals surface area contributed by atoms with Gasteiger partial charge in [-0.05, 0) is 37.8 Å². The normalized spacial score (nSPS) is 17.6. The van der Waals surface area contributed by atoms with E-state index in [0.717, 1.165) is 29.7 Å². The monoisotopic (exact) mass is 512 g/mol. The summed E-state index contributed by atoms with van der Waals surface area (Å²) in [6.07, 6.45) is 6.06. The number of ether oxygens (including phenoxy) is 1. The zero-order valence-corrected chi connectivity index (χ0v) is 20.8. The number of anilines is 1. The van der Waals surface area contributed by atoms with E-state index in [2.05, 4.69) is 42.0 Å². The zero-order valence-electron chi connectivity index (χ0n) is 20.0. The molecule has 0 spiro atoms. The Bertz CT molecular complexity index is 1260. The van der Waals surface area contributed by atoms with Gasteiger partial charge in [0.05, 0.1) is 5.02 Å². The maximum atomic E-state index is 12.8. The molecule has 36 heavy (non-hydrogen) atoms. The molecule has 1 saturated carbocycles. The van der Waals surface area contributed by atoms with E-state index in [0.29, 0.717) is 53.8 Å². The quantitative estimate of drug-likeness (QED) is 0.276. The van der Waals surface area contributed by atoms with Crippen molar-refractivity contribution in [1.29, 1.82) is 0 Å². The molecule has 0 atom stereocenters. The fourth-order valence-corrected chi connectivity index (χ4v) is 4.57. The number of amidine groups is 1. The van der Waals surface area contributed by atoms with Crippen LogP contribution in [0.1, 0.15) is 24.5 Å². The second kappa shape index (κ2) is 11.1. The van der Waals surface area contributed by atoms with Crippen molar-refractivity contribution in [3.05, 3.63) is 53.1 Å². The number of hydrogen-bond donors (Lipinski definition) is 3. The van der Waals surface area contributed by atoms with Gasteiger partial charge in [0.1, 0.15) is 24.1 Å². The Morgan fingerprint density at radius 2 is 2.11 bits per heavy atom. The minimum Gasteiger partial charge on any atom is -0.470 e. The molecule has 1 saturated heterocycles. The minimum atomic E-state index is -0.345. The molecule has 1 aliphatic heterocycles. The molecular formula is C25H30ClFN8O. The number of fused-ring (bicyclic) bond motifs is 1. The van der Waals surface area contributed by atoms with Gasteiger partial charge in [-0.25, -0.2) is 14.4 Å². The third kappa shape index (κ3) is 5.71. The number of hydrogen-bond acceptors (Lipinski definition) is 6. The van der Waals surface area contributed by atoms with Crippen molar-refractivity contribution in [3.8, 4) is 5.75 Å². The van der Waals surface area contributed by atoms with Crippen LogP contribution in [0.25, 0.3) is 10.9 Å². The molecule has 0 radical (unpaired) electrons. The number of benzene rings is 1. The Morgan fingerprint density at radius 1 is 1.28 bits per heavy atom. The molecular weight excluding hydrogens is 483 g/mol. The van der Waals surface area contributed by atoms with Crippen LogP contribution in [-0.4, -0.2) is 83.7 Å². The second-order valence-corrected chi connectivity index (χ2v) is 9.30. The maximum Gasteiger partial charge on any atom is 0.181 e. The van der Waals surface area contributed by atoms with Gasteiger partial charge in [0.25, 0.3) is 0 Å². The molecule has 9 nitrogen and oxygen atoms in total. The predicted molar refractivity (Wildman–Crippen MR) is 142 cm³/mol. The zero-order chi connectivity index (χ0) is 24.9. The van der Waals surface area contributed by atoms with E-state index >= 15 is 0 Å². The molecule has 2 aromatic heterocycles. The molecule has 3 N–H and O–H groups in total. The van der Waals surface area contributed by atoms with Crippen LogP contribution in [0.4, 0.5) is 10.2 Å². The lowest BCUT2D eigenvalue weighted by Gasteiger charge is -2.35. The Labute approximate surface area is 214 Å². The SMILES string of the molecule is C=N/C(=C\C(=N/COc1ccc2[nH]ccc2c1Cl)N1CCN(CCF)CC1)Nc1cc(C2CC2)[nH]n1. The lowest BCUT2D eigenvalue weighted by atomic mass is 10.2. The highest BCUT2D eigenvalue weighted by Crippen LogP contribution is 2.39. The smallest absolute Gasteiger partial charge is 0.181 e. The molecule has 0 amide bonds. The van der Waals surface area contributed by atoms with Gasteiger partial charge >= 0.3 is 0 Å². The number of aliphatic imine (C=N–C) groups is 2. The molecule has 0 bridgehead atoms. The summed E-state index contributed by atoms with van der Waals surface area (Å²) < 4.78 is 18.7. The Balaban J connectivity index is 1.33. The first kappa shape index (κ1) is 24.3. The number of alkyl halides is 1. The highest BCUT2D eigenvalue weighted by molar-refractivity contribution is 6.36. The highest BCUT2D eigenvalue weighted by atomic mass is 35.5. The van der Waals surface area contributed by atoms with Gasteiger partial charge in [0.15, 0.2) is 12.5 Å². The summed E-state index contributed by atoms with van der Waals surface area (Å²) >= 11 is 6.52. The van der Waals surface area contributed by atoms with E-state index < -0.39 is 0 Å². The summed E-state index contributed by atoms with van der Waals surface area (Å²) in [6.45, 7) is 6.82. The van der Waals surface area contributed by atoms with Crippen molar-refractivity contribution in [1.82, 2.24) is 25.0 Å². The van der Waals surface area contributed by atoms with E-state index in [9.17, 15) is 4.39 Å². The fraction of sp³-hybridized carbons (Fsp3) is 0.400. The molecule has 1 aliphatic carbocycles. The number of rotatable bonds is 10. The van der Waals surface area contributed by atoms with Crippen molar-refractivity contribution >= 4 is 40.9 Å². The van der Waals surface area contributed by atoms with Gasteiger partial charge in [-0.1, -0.05) is 11.6 Å². The van der Waals surface area contributed by atoms with E-state index in [4.69, 9.17) is 21.3 Å². The molecule has 3 aromatic rings. The molecule has 1 aromatic carbocycles. The van der Waals surface area contributed by atoms with Crippen LogP contribution in [-0.2, 0) is 0 Å². The number of piperazine rings is 1. The Hall–Kier alpha value is -3.37. The number of aromatic nitrogens is 3. The van der Waals surface area contributed by atoms with Crippen molar-refractivity contribution in [2.75, 3.05) is 51.4 Å². The average molecular weight is 513 g/mol.